The predicted octanol–water partition coefficient (Wildman–Crippen LogP) is 3.04. The molecular weight excluding hydrogens is 392 g/mol. The maximum Gasteiger partial charge on any atom is 0.341 e. The second-order valence-electron chi connectivity index (χ2n) is 7.05. The third-order valence-electron chi connectivity index (χ3n) is 5.24. The van der Waals surface area contributed by atoms with E-state index >= 15 is 0 Å². The van der Waals surface area contributed by atoms with E-state index in [9.17, 15) is 19.2 Å². The minimum absolute atomic E-state index is 0.295. The maximum absolute atomic E-state index is 12.7. The van der Waals surface area contributed by atoms with Crippen molar-refractivity contribution in [2.45, 2.75) is 32.1 Å². The van der Waals surface area contributed by atoms with Crippen molar-refractivity contribution in [1.82, 2.24) is 4.90 Å². The molecule has 0 fully saturated rings. The van der Waals surface area contributed by atoms with Gasteiger partial charge >= 0.3 is 5.97 Å². The first kappa shape index (κ1) is 19.3. The molecule has 29 heavy (non-hydrogen) atoms. The Kier molecular flexibility index (Phi) is 5.19. The van der Waals surface area contributed by atoms with Gasteiger partial charge in [0.2, 0.25) is 5.91 Å². The number of methoxy groups -OCH3 is 1. The molecule has 150 valence electrons. The molecule has 0 saturated heterocycles. The molecule has 7 nitrogen and oxygen atoms in total. The second-order valence-corrected chi connectivity index (χ2v) is 8.16. The van der Waals surface area contributed by atoms with Gasteiger partial charge < -0.3 is 10.1 Å². The van der Waals surface area contributed by atoms with Crippen LogP contribution >= 0.6 is 11.3 Å². The molecule has 4 rings (SSSR count). The van der Waals surface area contributed by atoms with E-state index in [4.69, 9.17) is 4.74 Å². The topological polar surface area (TPSA) is 92.8 Å². The number of fused-ring (bicyclic) bond motifs is 2. The molecule has 1 aliphatic carbocycles. The lowest BCUT2D eigenvalue weighted by atomic mass is 10.1. The van der Waals surface area contributed by atoms with Gasteiger partial charge in [0, 0.05) is 4.88 Å². The minimum atomic E-state index is -0.527. The Hall–Kier alpha value is -3.00. The van der Waals surface area contributed by atoms with Gasteiger partial charge in [-0.05, 0) is 43.4 Å². The third-order valence-corrected chi connectivity index (χ3v) is 6.45. The van der Waals surface area contributed by atoms with E-state index in [0.29, 0.717) is 21.7 Å². The van der Waals surface area contributed by atoms with Crippen LogP contribution in [-0.2, 0) is 22.4 Å². The summed E-state index contributed by atoms with van der Waals surface area (Å²) in [5.74, 6) is -1.99. The van der Waals surface area contributed by atoms with Crippen LogP contribution in [0, 0.1) is 0 Å². The molecule has 2 aromatic rings. The van der Waals surface area contributed by atoms with Gasteiger partial charge in [0.1, 0.15) is 11.5 Å². The molecule has 0 atom stereocenters. The summed E-state index contributed by atoms with van der Waals surface area (Å²) in [7, 11) is 1.31. The van der Waals surface area contributed by atoms with Crippen LogP contribution < -0.4 is 5.32 Å². The summed E-state index contributed by atoms with van der Waals surface area (Å²) in [6, 6.07) is 6.49. The number of carbonyl (C=O) groups excluding carboxylic acids is 4. The molecule has 8 heteroatoms. The van der Waals surface area contributed by atoms with Crippen LogP contribution in [-0.4, -0.2) is 42.2 Å². The van der Waals surface area contributed by atoms with E-state index in [0.717, 1.165) is 47.4 Å². The zero-order chi connectivity index (χ0) is 20.5. The van der Waals surface area contributed by atoms with E-state index < -0.39 is 30.2 Å². The fourth-order valence-corrected chi connectivity index (χ4v) is 5.13. The SMILES string of the molecule is COC(=O)c1c(NC(=O)CN2C(=O)c3ccccc3C2=O)sc2c1CCCCC2. The first-order valence-corrected chi connectivity index (χ1v) is 10.3. The van der Waals surface area contributed by atoms with Crippen molar-refractivity contribution in [2.24, 2.45) is 0 Å². The summed E-state index contributed by atoms with van der Waals surface area (Å²) in [6.45, 7) is -0.407. The van der Waals surface area contributed by atoms with E-state index in [1.807, 2.05) is 0 Å². The fraction of sp³-hybridized carbons (Fsp3) is 0.333. The van der Waals surface area contributed by atoms with E-state index in [-0.39, 0.29) is 0 Å². The number of nitrogens with zero attached hydrogens (tertiary/aromatic N) is 1. The lowest BCUT2D eigenvalue weighted by Crippen LogP contribution is -2.37. The zero-order valence-electron chi connectivity index (χ0n) is 15.9. The highest BCUT2D eigenvalue weighted by atomic mass is 32.1. The average molecular weight is 412 g/mol. The van der Waals surface area contributed by atoms with Crippen molar-refractivity contribution in [2.75, 3.05) is 19.0 Å². The van der Waals surface area contributed by atoms with Crippen molar-refractivity contribution >= 4 is 40.0 Å². The molecule has 1 aromatic carbocycles. The largest absolute Gasteiger partial charge is 0.465 e. The Bertz CT molecular complexity index is 991. The molecule has 1 N–H and O–H groups in total. The van der Waals surface area contributed by atoms with Crippen LogP contribution in [0.1, 0.15) is 60.8 Å². The van der Waals surface area contributed by atoms with Gasteiger partial charge in [0.05, 0.1) is 23.8 Å². The van der Waals surface area contributed by atoms with Gasteiger partial charge in [-0.15, -0.1) is 11.3 Å². The first-order valence-electron chi connectivity index (χ1n) is 9.49. The number of nitrogens with one attached hydrogen (secondary N) is 1. The van der Waals surface area contributed by atoms with Crippen molar-refractivity contribution in [1.29, 1.82) is 0 Å². The Balaban J connectivity index is 1.56. The lowest BCUT2D eigenvalue weighted by molar-refractivity contribution is -0.116. The number of ether oxygens (including phenoxy) is 1. The second kappa shape index (κ2) is 7.79. The number of thiophene rings is 1. The summed E-state index contributed by atoms with van der Waals surface area (Å²) >= 11 is 1.37. The highest BCUT2D eigenvalue weighted by Crippen LogP contribution is 2.38. The lowest BCUT2D eigenvalue weighted by Gasteiger charge is -2.13. The number of hydrogen-bond donors (Lipinski definition) is 1. The molecule has 0 spiro atoms. The molecule has 1 aliphatic heterocycles. The molecule has 0 saturated carbocycles. The number of esters is 1. The van der Waals surface area contributed by atoms with Gasteiger partial charge in [0.15, 0.2) is 0 Å². The number of imide groups is 1. The maximum atomic E-state index is 12.7. The van der Waals surface area contributed by atoms with Crippen LogP contribution in [0.4, 0.5) is 5.00 Å². The molecule has 0 bridgehead atoms. The van der Waals surface area contributed by atoms with Crippen molar-refractivity contribution in [3.05, 3.63) is 51.4 Å². The average Bonchev–Trinajstić information content (AvgIpc) is 3.05. The number of carbonyl (C=O) groups is 4. The molecule has 3 amide bonds. The van der Waals surface area contributed by atoms with Crippen molar-refractivity contribution < 1.29 is 23.9 Å². The number of benzene rings is 1. The number of aryl methyl sites for hydroxylation is 1. The molecule has 0 radical (unpaired) electrons. The Labute approximate surface area is 171 Å². The van der Waals surface area contributed by atoms with Gasteiger partial charge in [-0.25, -0.2) is 4.79 Å². The standard InChI is InChI=1S/C21H20N2O5S/c1-28-21(27)17-14-9-3-2-4-10-15(14)29-18(17)22-16(24)11-23-19(25)12-7-5-6-8-13(12)20(23)26/h5-8H,2-4,9-11H2,1H3,(H,22,24). The van der Waals surface area contributed by atoms with Crippen LogP contribution in [0.3, 0.4) is 0 Å². The Morgan fingerprint density at radius 1 is 1.07 bits per heavy atom. The molecule has 1 aromatic heterocycles. The van der Waals surface area contributed by atoms with Gasteiger partial charge in [-0.3, -0.25) is 19.3 Å². The molecule has 2 heterocycles. The third kappa shape index (κ3) is 3.44. The number of anilines is 1. The fourth-order valence-electron chi connectivity index (χ4n) is 3.84. The minimum Gasteiger partial charge on any atom is -0.465 e. The smallest absolute Gasteiger partial charge is 0.341 e. The summed E-state index contributed by atoms with van der Waals surface area (Å²) < 4.78 is 4.93. The summed E-state index contributed by atoms with van der Waals surface area (Å²) in [5.41, 5.74) is 1.92. The summed E-state index contributed by atoms with van der Waals surface area (Å²) in [5, 5.41) is 3.15. The molecular formula is C21H20N2O5S. The number of hydrogen-bond acceptors (Lipinski definition) is 6. The van der Waals surface area contributed by atoms with E-state index in [1.54, 1.807) is 24.3 Å². The van der Waals surface area contributed by atoms with Crippen LogP contribution in [0.15, 0.2) is 24.3 Å². The van der Waals surface area contributed by atoms with Gasteiger partial charge in [0.25, 0.3) is 11.8 Å². The van der Waals surface area contributed by atoms with E-state index in [1.165, 1.54) is 18.4 Å². The van der Waals surface area contributed by atoms with Crippen molar-refractivity contribution in [3.8, 4) is 0 Å². The highest BCUT2D eigenvalue weighted by molar-refractivity contribution is 7.17. The number of amides is 3. The van der Waals surface area contributed by atoms with E-state index in [2.05, 4.69) is 5.32 Å². The van der Waals surface area contributed by atoms with Crippen LogP contribution in [0.25, 0.3) is 0 Å². The summed E-state index contributed by atoms with van der Waals surface area (Å²) in [4.78, 5) is 52.0. The Morgan fingerprint density at radius 2 is 1.72 bits per heavy atom. The zero-order valence-corrected chi connectivity index (χ0v) is 16.8. The van der Waals surface area contributed by atoms with Gasteiger partial charge in [-0.2, -0.15) is 0 Å². The summed E-state index contributed by atoms with van der Waals surface area (Å²) in [6.07, 6.45) is 4.75. The molecule has 0 unspecified atom stereocenters. The quantitative estimate of drug-likeness (QED) is 0.473. The highest BCUT2D eigenvalue weighted by Gasteiger charge is 2.36. The van der Waals surface area contributed by atoms with Crippen LogP contribution in [0.5, 0.6) is 0 Å². The van der Waals surface area contributed by atoms with Gasteiger partial charge in [-0.1, -0.05) is 18.6 Å². The molecule has 2 aliphatic rings. The Morgan fingerprint density at radius 3 is 2.38 bits per heavy atom. The predicted molar refractivity (Wildman–Crippen MR) is 107 cm³/mol. The normalized spacial score (nSPS) is 15.6. The monoisotopic (exact) mass is 412 g/mol. The first-order chi connectivity index (χ1) is 14.0. The van der Waals surface area contributed by atoms with Crippen molar-refractivity contribution in [3.63, 3.8) is 0 Å². The van der Waals surface area contributed by atoms with Crippen LogP contribution in [0.2, 0.25) is 0 Å². The number of rotatable bonds is 4.